The minimum atomic E-state index is 0.0555. The van der Waals surface area contributed by atoms with Crippen LogP contribution in [0.5, 0.6) is 0 Å². The molecule has 2 N–H and O–H groups in total. The summed E-state index contributed by atoms with van der Waals surface area (Å²) in [4.78, 5) is 16.7. The van der Waals surface area contributed by atoms with Crippen LogP contribution in [0.25, 0.3) is 0 Å². The van der Waals surface area contributed by atoms with Crippen molar-refractivity contribution in [3.63, 3.8) is 0 Å². The number of hydrogen-bond acceptors (Lipinski definition) is 3. The van der Waals surface area contributed by atoms with E-state index in [4.69, 9.17) is 5.73 Å². The van der Waals surface area contributed by atoms with Crippen LogP contribution in [0.1, 0.15) is 47.0 Å². The van der Waals surface area contributed by atoms with E-state index < -0.39 is 0 Å². The second-order valence-corrected chi connectivity index (χ2v) is 6.40. The predicted molar refractivity (Wildman–Crippen MR) is 84.3 cm³/mol. The second kappa shape index (κ2) is 7.79. The molecule has 0 radical (unpaired) electrons. The highest BCUT2D eigenvalue weighted by atomic mass is 16.2. The smallest absolute Gasteiger partial charge is 0.240 e. The van der Waals surface area contributed by atoms with Gasteiger partial charge < -0.3 is 10.6 Å². The molecule has 0 fully saturated rings. The lowest BCUT2D eigenvalue weighted by molar-refractivity contribution is -0.130. The van der Waals surface area contributed by atoms with Gasteiger partial charge in [0.1, 0.15) is 0 Å². The Labute approximate surface area is 124 Å². The van der Waals surface area contributed by atoms with Crippen LogP contribution in [0, 0.1) is 5.41 Å². The molecule has 0 aliphatic heterocycles. The van der Waals surface area contributed by atoms with Gasteiger partial charge in [0.2, 0.25) is 5.91 Å². The summed E-state index contributed by atoms with van der Waals surface area (Å²) in [5.41, 5.74) is 7.06. The third kappa shape index (κ3) is 4.91. The molecule has 116 valence electrons. The molecule has 20 heavy (non-hydrogen) atoms. The Morgan fingerprint density at radius 2 is 2.05 bits per heavy atom. The maximum absolute atomic E-state index is 12.5. The van der Waals surface area contributed by atoms with Crippen molar-refractivity contribution in [3.05, 3.63) is 11.8 Å². The molecule has 4 nitrogen and oxygen atoms in total. The van der Waals surface area contributed by atoms with Gasteiger partial charge in [-0.25, -0.2) is 0 Å². The molecule has 0 spiro atoms. The zero-order valence-electron chi connectivity index (χ0n) is 13.6. The second-order valence-electron chi connectivity index (χ2n) is 6.40. The molecule has 0 saturated heterocycles. The Kier molecular flexibility index (Phi) is 6.69. The van der Waals surface area contributed by atoms with Gasteiger partial charge in [-0.3, -0.25) is 9.69 Å². The monoisotopic (exact) mass is 281 g/mol. The van der Waals surface area contributed by atoms with Crippen LogP contribution < -0.4 is 5.73 Å². The highest BCUT2D eigenvalue weighted by Crippen LogP contribution is 2.22. The summed E-state index contributed by atoms with van der Waals surface area (Å²) in [6.45, 7) is 12.1. The van der Waals surface area contributed by atoms with Gasteiger partial charge in [0.25, 0.3) is 0 Å². The Balaban J connectivity index is 2.61. The molecule has 0 atom stereocenters. The van der Waals surface area contributed by atoms with Gasteiger partial charge >= 0.3 is 0 Å². The summed E-state index contributed by atoms with van der Waals surface area (Å²) in [7, 11) is 0. The van der Waals surface area contributed by atoms with Gasteiger partial charge in [0.15, 0.2) is 0 Å². The number of carbonyl (C=O) groups is 1. The first-order valence-corrected chi connectivity index (χ1v) is 7.85. The fraction of sp³-hybridized carbons (Fsp3) is 0.812. The molecule has 1 aliphatic rings. The van der Waals surface area contributed by atoms with E-state index in [9.17, 15) is 4.79 Å². The standard InChI is InChI=1S/C16H31N3O/c1-5-18(13-16(3,4)12-17)11-15(20)19(6-2)14-9-7-8-10-14/h9H,5-8,10-13,17H2,1-4H3. The van der Waals surface area contributed by atoms with Crippen LogP contribution in [0.2, 0.25) is 0 Å². The van der Waals surface area contributed by atoms with E-state index in [2.05, 4.69) is 38.7 Å². The lowest BCUT2D eigenvalue weighted by Gasteiger charge is -2.32. The highest BCUT2D eigenvalue weighted by Gasteiger charge is 2.24. The summed E-state index contributed by atoms with van der Waals surface area (Å²) in [6.07, 6.45) is 5.54. The first-order valence-electron chi connectivity index (χ1n) is 7.85. The number of hydrogen-bond donors (Lipinski definition) is 1. The molecule has 0 saturated carbocycles. The maximum atomic E-state index is 12.5. The number of carbonyl (C=O) groups excluding carboxylic acids is 1. The van der Waals surface area contributed by atoms with E-state index in [-0.39, 0.29) is 11.3 Å². The number of rotatable bonds is 8. The molecule has 0 aromatic heterocycles. The van der Waals surface area contributed by atoms with Gasteiger partial charge in [0.05, 0.1) is 6.54 Å². The average Bonchev–Trinajstić information content (AvgIpc) is 2.92. The van der Waals surface area contributed by atoms with E-state index in [1.54, 1.807) is 0 Å². The quantitative estimate of drug-likeness (QED) is 0.742. The zero-order chi connectivity index (χ0) is 15.2. The molecule has 0 bridgehead atoms. The van der Waals surface area contributed by atoms with Gasteiger partial charge in [-0.1, -0.05) is 26.8 Å². The van der Waals surface area contributed by atoms with Crippen molar-refractivity contribution in [1.29, 1.82) is 0 Å². The van der Waals surface area contributed by atoms with E-state index in [1.807, 2.05) is 4.90 Å². The van der Waals surface area contributed by atoms with Crippen LogP contribution in [0.15, 0.2) is 11.8 Å². The lowest BCUT2D eigenvalue weighted by Crippen LogP contribution is -2.44. The molecule has 0 unspecified atom stereocenters. The number of likely N-dealkylation sites (N-methyl/N-ethyl adjacent to an activating group) is 2. The van der Waals surface area contributed by atoms with Crippen molar-refractivity contribution in [2.75, 3.05) is 32.7 Å². The van der Waals surface area contributed by atoms with Crippen molar-refractivity contribution in [3.8, 4) is 0 Å². The average molecular weight is 281 g/mol. The summed E-state index contributed by atoms with van der Waals surface area (Å²) in [6, 6.07) is 0. The summed E-state index contributed by atoms with van der Waals surface area (Å²) < 4.78 is 0. The van der Waals surface area contributed by atoms with Crippen molar-refractivity contribution >= 4 is 5.91 Å². The molecule has 1 rings (SSSR count). The third-order valence-electron chi connectivity index (χ3n) is 3.99. The Morgan fingerprint density at radius 1 is 1.35 bits per heavy atom. The van der Waals surface area contributed by atoms with E-state index >= 15 is 0 Å². The molecule has 0 heterocycles. The van der Waals surface area contributed by atoms with Crippen LogP contribution in [0.4, 0.5) is 0 Å². The Hall–Kier alpha value is -0.870. The lowest BCUT2D eigenvalue weighted by atomic mass is 9.93. The van der Waals surface area contributed by atoms with Crippen molar-refractivity contribution in [1.82, 2.24) is 9.80 Å². The molecule has 4 heteroatoms. The molecular formula is C16H31N3O. The van der Waals surface area contributed by atoms with Crippen LogP contribution >= 0.6 is 0 Å². The largest absolute Gasteiger partial charge is 0.330 e. The van der Waals surface area contributed by atoms with Crippen LogP contribution in [-0.4, -0.2) is 48.4 Å². The van der Waals surface area contributed by atoms with Gasteiger partial charge in [0, 0.05) is 18.8 Å². The first-order chi connectivity index (χ1) is 9.43. The molecular weight excluding hydrogens is 250 g/mol. The van der Waals surface area contributed by atoms with Gasteiger partial charge in [-0.15, -0.1) is 0 Å². The minimum absolute atomic E-state index is 0.0555. The van der Waals surface area contributed by atoms with Crippen molar-refractivity contribution < 1.29 is 4.79 Å². The number of amides is 1. The normalized spacial score (nSPS) is 15.6. The highest BCUT2D eigenvalue weighted by molar-refractivity contribution is 5.80. The topological polar surface area (TPSA) is 49.6 Å². The van der Waals surface area contributed by atoms with Crippen molar-refractivity contribution in [2.24, 2.45) is 11.1 Å². The summed E-state index contributed by atoms with van der Waals surface area (Å²) >= 11 is 0. The number of nitrogens with zero attached hydrogens (tertiary/aromatic N) is 2. The molecule has 0 aromatic carbocycles. The number of nitrogens with two attached hydrogens (primary N) is 1. The van der Waals surface area contributed by atoms with Crippen molar-refractivity contribution in [2.45, 2.75) is 47.0 Å². The van der Waals surface area contributed by atoms with E-state index in [1.165, 1.54) is 12.1 Å². The summed E-state index contributed by atoms with van der Waals surface area (Å²) in [5.74, 6) is 0.218. The fourth-order valence-electron chi connectivity index (χ4n) is 2.66. The minimum Gasteiger partial charge on any atom is -0.330 e. The third-order valence-corrected chi connectivity index (χ3v) is 3.99. The SMILES string of the molecule is CCN(CC(=O)N(CC)C1=CCCC1)CC(C)(C)CN. The Morgan fingerprint density at radius 3 is 2.50 bits per heavy atom. The van der Waals surface area contributed by atoms with Gasteiger partial charge in [-0.05, 0) is 44.7 Å². The molecule has 0 aromatic rings. The van der Waals surface area contributed by atoms with E-state index in [0.29, 0.717) is 13.1 Å². The van der Waals surface area contributed by atoms with Crippen LogP contribution in [0.3, 0.4) is 0 Å². The molecule has 1 amide bonds. The summed E-state index contributed by atoms with van der Waals surface area (Å²) in [5, 5.41) is 0. The van der Waals surface area contributed by atoms with E-state index in [0.717, 1.165) is 32.5 Å². The zero-order valence-corrected chi connectivity index (χ0v) is 13.6. The fourth-order valence-corrected chi connectivity index (χ4v) is 2.66. The van der Waals surface area contributed by atoms with Crippen LogP contribution in [-0.2, 0) is 4.79 Å². The van der Waals surface area contributed by atoms with Gasteiger partial charge in [-0.2, -0.15) is 0 Å². The Bertz CT molecular complexity index is 350. The number of allylic oxidation sites excluding steroid dienone is 2. The predicted octanol–water partition coefficient (Wildman–Crippen LogP) is 2.21. The molecule has 1 aliphatic carbocycles. The maximum Gasteiger partial charge on any atom is 0.240 e. The first kappa shape index (κ1) is 17.2.